The number of carbonyl (C=O) groups is 1. The zero-order chi connectivity index (χ0) is 16.1. The van der Waals surface area contributed by atoms with Crippen molar-refractivity contribution in [3.8, 4) is 0 Å². The lowest BCUT2D eigenvalue weighted by Crippen LogP contribution is -2.34. The Kier molecular flexibility index (Phi) is 3.23. The summed E-state index contributed by atoms with van der Waals surface area (Å²) < 4.78 is 38.5. The van der Waals surface area contributed by atoms with Crippen LogP contribution in [0.3, 0.4) is 0 Å². The van der Waals surface area contributed by atoms with Crippen LogP contribution in [0, 0.1) is 13.1 Å². The first-order valence-corrected chi connectivity index (χ1v) is 6.70. The predicted octanol–water partition coefficient (Wildman–Crippen LogP) is 2.91. The Balaban J connectivity index is 1.96. The lowest BCUT2D eigenvalue weighted by molar-refractivity contribution is -0.141. The number of hydrogen-bond donors (Lipinski definition) is 0. The van der Waals surface area contributed by atoms with Crippen molar-refractivity contribution < 1.29 is 18.0 Å². The van der Waals surface area contributed by atoms with Crippen LogP contribution >= 0.6 is 0 Å². The molecule has 1 unspecified atom stereocenters. The van der Waals surface area contributed by atoms with Crippen molar-refractivity contribution in [2.45, 2.75) is 25.6 Å². The third-order valence-corrected chi connectivity index (χ3v) is 3.83. The van der Waals surface area contributed by atoms with E-state index in [0.29, 0.717) is 5.56 Å². The number of aromatic nitrogens is 2. The summed E-state index contributed by atoms with van der Waals surface area (Å²) in [5.41, 5.74) is 0.373. The maximum Gasteiger partial charge on any atom is 0.435 e. The van der Waals surface area contributed by atoms with Gasteiger partial charge in [0.15, 0.2) is 11.5 Å². The van der Waals surface area contributed by atoms with Crippen molar-refractivity contribution in [3.63, 3.8) is 0 Å². The molecular weight excluding hydrogens is 295 g/mol. The van der Waals surface area contributed by atoms with Crippen LogP contribution in [-0.2, 0) is 6.18 Å². The average Bonchev–Trinajstić information content (AvgIpc) is 3.00. The van der Waals surface area contributed by atoms with Gasteiger partial charge in [-0.15, -0.1) is 5.10 Å². The summed E-state index contributed by atoms with van der Waals surface area (Å²) in [7, 11) is 1.60. The van der Waals surface area contributed by atoms with Crippen LogP contribution in [0.15, 0.2) is 24.3 Å². The number of fused-ring (bicyclic) bond motifs is 1. The molecule has 0 saturated heterocycles. The van der Waals surface area contributed by atoms with Gasteiger partial charge >= 0.3 is 6.18 Å². The molecule has 1 atom stereocenters. The zero-order valence-electron chi connectivity index (χ0n) is 12.0. The summed E-state index contributed by atoms with van der Waals surface area (Å²) in [6.45, 7) is 1.31. The number of benzene rings is 1. The molecule has 1 aromatic heterocycles. The number of nitrogens with zero attached hydrogens (tertiary/aromatic N) is 3. The average molecular weight is 308 g/mol. The number of hydrogen-bond acceptors (Lipinski definition) is 3. The monoisotopic (exact) mass is 308 g/mol. The lowest BCUT2D eigenvalue weighted by atomic mass is 10.1. The van der Waals surface area contributed by atoms with Crippen molar-refractivity contribution in [1.29, 1.82) is 0 Å². The van der Waals surface area contributed by atoms with E-state index in [0.717, 1.165) is 10.4 Å². The number of rotatable bonds is 2. The Morgan fingerprint density at radius 1 is 1.36 bits per heavy atom. The van der Waals surface area contributed by atoms with Crippen molar-refractivity contribution in [3.05, 3.63) is 52.8 Å². The standard InChI is InChI=1S/C15H13F3N3O/c1-9-8-21(19-14(9)15(16,17)18)20(2)12-7-13(22)11-6-4-3-5-10(11)12/h3-6,12H,7H2,1-2H3. The normalized spacial score (nSPS) is 17.7. The fourth-order valence-corrected chi connectivity index (χ4v) is 2.72. The summed E-state index contributed by atoms with van der Waals surface area (Å²) in [6, 6.07) is 6.76. The Bertz CT molecular complexity index is 736. The van der Waals surface area contributed by atoms with E-state index >= 15 is 0 Å². The maximum atomic E-state index is 12.8. The summed E-state index contributed by atoms with van der Waals surface area (Å²) in [5.74, 6) is -0.0210. The van der Waals surface area contributed by atoms with Gasteiger partial charge in [0, 0.05) is 24.6 Å². The summed E-state index contributed by atoms with van der Waals surface area (Å²) in [5, 5.41) is 5.08. The van der Waals surface area contributed by atoms with E-state index < -0.39 is 11.9 Å². The highest BCUT2D eigenvalue weighted by Gasteiger charge is 2.38. The quantitative estimate of drug-likeness (QED) is 0.856. The van der Waals surface area contributed by atoms with Gasteiger partial charge in [0.25, 0.3) is 0 Å². The number of halogens is 3. The Hall–Kier alpha value is -2.31. The molecule has 1 aromatic carbocycles. The van der Waals surface area contributed by atoms with Crippen LogP contribution in [0.25, 0.3) is 0 Å². The number of alkyl halides is 3. The Morgan fingerprint density at radius 2 is 2.05 bits per heavy atom. The maximum absolute atomic E-state index is 12.8. The van der Waals surface area contributed by atoms with E-state index in [9.17, 15) is 18.0 Å². The van der Waals surface area contributed by atoms with Gasteiger partial charge in [-0.25, -0.2) is 0 Å². The fourth-order valence-electron chi connectivity index (χ4n) is 2.72. The van der Waals surface area contributed by atoms with Crippen LogP contribution in [-0.4, -0.2) is 22.7 Å². The third kappa shape index (κ3) is 2.26. The van der Waals surface area contributed by atoms with Gasteiger partial charge in [-0.3, -0.25) is 9.80 Å². The molecule has 22 heavy (non-hydrogen) atoms. The molecule has 1 aliphatic rings. The van der Waals surface area contributed by atoms with Crippen LogP contribution < -0.4 is 5.01 Å². The number of Topliss-reactive ketones (excluding diaryl/α,β-unsaturated/α-hetero) is 1. The van der Waals surface area contributed by atoms with Crippen LogP contribution in [0.2, 0.25) is 0 Å². The van der Waals surface area contributed by atoms with Crippen LogP contribution in [0.5, 0.6) is 0 Å². The molecule has 0 aliphatic heterocycles. The second-order valence-electron chi connectivity index (χ2n) is 5.28. The van der Waals surface area contributed by atoms with Crippen molar-refractivity contribution in [1.82, 2.24) is 9.89 Å². The molecule has 115 valence electrons. The minimum absolute atomic E-state index is 0.0210. The molecule has 1 aliphatic carbocycles. The van der Waals surface area contributed by atoms with Crippen molar-refractivity contribution in [2.75, 3.05) is 12.1 Å². The number of carbonyl (C=O) groups excluding carboxylic acids is 1. The molecule has 0 spiro atoms. The lowest BCUT2D eigenvalue weighted by Gasteiger charge is -2.26. The molecule has 7 heteroatoms. The van der Waals surface area contributed by atoms with Crippen molar-refractivity contribution in [2.24, 2.45) is 0 Å². The first-order chi connectivity index (χ1) is 10.3. The molecule has 2 aromatic rings. The first kappa shape index (κ1) is 14.6. The molecule has 0 N–H and O–H groups in total. The molecule has 1 heterocycles. The van der Waals surface area contributed by atoms with Crippen molar-refractivity contribution >= 4 is 5.78 Å². The minimum atomic E-state index is -4.52. The van der Waals surface area contributed by atoms with Gasteiger partial charge in [0.05, 0.1) is 6.04 Å². The van der Waals surface area contributed by atoms with Gasteiger partial charge in [-0.2, -0.15) is 18.0 Å². The number of aryl methyl sites for hydroxylation is 1. The van der Waals surface area contributed by atoms with E-state index in [2.05, 4.69) is 11.3 Å². The Labute approximate surface area is 125 Å². The van der Waals surface area contributed by atoms with Crippen LogP contribution in [0.1, 0.15) is 39.6 Å². The predicted molar refractivity (Wildman–Crippen MR) is 73.1 cm³/mol. The topological polar surface area (TPSA) is 38.1 Å². The second kappa shape index (κ2) is 4.86. The first-order valence-electron chi connectivity index (χ1n) is 6.70. The van der Waals surface area contributed by atoms with Gasteiger partial charge in [-0.05, 0) is 12.5 Å². The molecule has 4 nitrogen and oxygen atoms in total. The molecule has 0 fully saturated rings. The molecule has 0 bridgehead atoms. The Morgan fingerprint density at radius 3 is 2.68 bits per heavy atom. The molecular formula is C15H13F3N3O. The van der Waals surface area contributed by atoms with E-state index in [4.69, 9.17) is 0 Å². The molecule has 3 rings (SSSR count). The van der Waals surface area contributed by atoms with Crippen LogP contribution in [0.4, 0.5) is 13.2 Å². The smallest absolute Gasteiger partial charge is 0.294 e. The second-order valence-corrected chi connectivity index (χ2v) is 5.28. The third-order valence-electron chi connectivity index (χ3n) is 3.83. The molecule has 0 saturated carbocycles. The highest BCUT2D eigenvalue weighted by atomic mass is 19.4. The SMILES string of the molecule is Cc1[c]n(N(C)C2CC(=O)c3ccccc32)nc1C(F)(F)F. The highest BCUT2D eigenvalue weighted by molar-refractivity contribution is 6.01. The summed E-state index contributed by atoms with van der Waals surface area (Å²) >= 11 is 0. The van der Waals surface area contributed by atoms with Gasteiger partial charge < -0.3 is 0 Å². The van der Waals surface area contributed by atoms with Gasteiger partial charge in [0.1, 0.15) is 6.20 Å². The molecule has 1 radical (unpaired) electrons. The van der Waals surface area contributed by atoms with E-state index in [1.807, 2.05) is 6.07 Å². The van der Waals surface area contributed by atoms with E-state index in [-0.39, 0.29) is 23.8 Å². The summed E-state index contributed by atoms with van der Waals surface area (Å²) in [4.78, 5) is 13.0. The zero-order valence-corrected chi connectivity index (χ0v) is 12.0. The number of ketones is 1. The fraction of sp³-hybridized carbons (Fsp3) is 0.333. The van der Waals surface area contributed by atoms with E-state index in [1.165, 1.54) is 11.9 Å². The van der Waals surface area contributed by atoms with E-state index in [1.54, 1.807) is 25.2 Å². The minimum Gasteiger partial charge on any atom is -0.294 e. The highest BCUT2D eigenvalue weighted by Crippen LogP contribution is 2.35. The van der Waals surface area contributed by atoms with Gasteiger partial charge in [0.2, 0.25) is 0 Å². The molecule has 0 amide bonds. The van der Waals surface area contributed by atoms with Gasteiger partial charge in [-0.1, -0.05) is 24.3 Å². The largest absolute Gasteiger partial charge is 0.435 e. The summed E-state index contributed by atoms with van der Waals surface area (Å²) in [6.07, 6.45) is -1.73.